The quantitative estimate of drug-likeness (QED) is 0.846. The number of aliphatic carboxylic acids is 1. The van der Waals surface area contributed by atoms with Crippen molar-refractivity contribution in [2.45, 2.75) is 19.4 Å². The van der Waals surface area contributed by atoms with Crippen LogP contribution in [0, 0.1) is 6.92 Å². The molecule has 0 bridgehead atoms. The average molecular weight is 274 g/mol. The van der Waals surface area contributed by atoms with Crippen molar-refractivity contribution in [1.29, 1.82) is 0 Å². The molecule has 1 heterocycles. The Morgan fingerprint density at radius 1 is 1.45 bits per heavy atom. The van der Waals surface area contributed by atoms with E-state index in [0.717, 1.165) is 16.5 Å². The number of carbonyl (C=O) groups is 1. The number of methoxy groups -OCH3 is 1. The second-order valence-electron chi connectivity index (χ2n) is 4.66. The maximum atomic E-state index is 11.2. The minimum absolute atomic E-state index is 0.386. The van der Waals surface area contributed by atoms with E-state index in [1.54, 1.807) is 7.11 Å². The number of para-hydroxylation sites is 1. The molecule has 0 saturated carbocycles. The summed E-state index contributed by atoms with van der Waals surface area (Å²) in [6, 6.07) is 9.05. The van der Waals surface area contributed by atoms with Crippen LogP contribution in [0.4, 0.5) is 5.82 Å². The van der Waals surface area contributed by atoms with Crippen LogP contribution in [0.2, 0.25) is 0 Å². The summed E-state index contributed by atoms with van der Waals surface area (Å²) >= 11 is 0. The lowest BCUT2D eigenvalue weighted by molar-refractivity contribution is -0.138. The number of anilines is 1. The molecular formula is C15H18N2O3. The fraction of sp³-hybridized carbons (Fsp3) is 0.333. The van der Waals surface area contributed by atoms with Gasteiger partial charge in [-0.15, -0.1) is 0 Å². The second-order valence-corrected chi connectivity index (χ2v) is 4.66. The standard InChI is InChI=1S/C15H18N2O3/c1-10-9-11-5-3-4-6-12(11)16-14(10)17-13(15(18)19)7-8-20-2/h3-6,9,13H,7-8H2,1-2H3,(H,16,17)(H,18,19). The molecule has 5 nitrogen and oxygen atoms in total. The Morgan fingerprint density at radius 3 is 2.90 bits per heavy atom. The summed E-state index contributed by atoms with van der Waals surface area (Å²) < 4.78 is 4.94. The van der Waals surface area contributed by atoms with E-state index in [2.05, 4.69) is 10.3 Å². The largest absolute Gasteiger partial charge is 0.480 e. The Labute approximate surface area is 117 Å². The highest BCUT2D eigenvalue weighted by molar-refractivity contribution is 5.83. The maximum Gasteiger partial charge on any atom is 0.326 e. The van der Waals surface area contributed by atoms with Crippen molar-refractivity contribution in [3.63, 3.8) is 0 Å². The Morgan fingerprint density at radius 2 is 2.20 bits per heavy atom. The van der Waals surface area contributed by atoms with Gasteiger partial charge in [-0.2, -0.15) is 0 Å². The molecule has 106 valence electrons. The summed E-state index contributed by atoms with van der Waals surface area (Å²) in [4.78, 5) is 15.7. The molecule has 0 radical (unpaired) electrons. The minimum Gasteiger partial charge on any atom is -0.480 e. The number of hydrogen-bond acceptors (Lipinski definition) is 4. The first-order valence-corrected chi connectivity index (χ1v) is 6.46. The van der Waals surface area contributed by atoms with Gasteiger partial charge < -0.3 is 15.2 Å². The number of benzene rings is 1. The number of fused-ring (bicyclic) bond motifs is 1. The van der Waals surface area contributed by atoms with E-state index in [0.29, 0.717) is 18.8 Å². The molecule has 1 aromatic carbocycles. The number of nitrogens with zero attached hydrogens (tertiary/aromatic N) is 1. The fourth-order valence-electron chi connectivity index (χ4n) is 2.03. The highest BCUT2D eigenvalue weighted by Crippen LogP contribution is 2.20. The molecule has 0 fully saturated rings. The van der Waals surface area contributed by atoms with Gasteiger partial charge in [0.15, 0.2) is 0 Å². The smallest absolute Gasteiger partial charge is 0.326 e. The van der Waals surface area contributed by atoms with Crippen LogP contribution in [-0.2, 0) is 9.53 Å². The third kappa shape index (κ3) is 3.24. The van der Waals surface area contributed by atoms with Crippen LogP contribution < -0.4 is 5.32 Å². The van der Waals surface area contributed by atoms with Crippen molar-refractivity contribution in [2.24, 2.45) is 0 Å². The summed E-state index contributed by atoms with van der Waals surface area (Å²) in [5.41, 5.74) is 1.77. The molecule has 0 amide bonds. The van der Waals surface area contributed by atoms with Gasteiger partial charge in [0, 0.05) is 25.5 Å². The zero-order valence-electron chi connectivity index (χ0n) is 11.6. The fourth-order valence-corrected chi connectivity index (χ4v) is 2.03. The number of pyridine rings is 1. The van der Waals surface area contributed by atoms with Gasteiger partial charge in [0.2, 0.25) is 0 Å². The lowest BCUT2D eigenvalue weighted by Gasteiger charge is -2.16. The maximum absolute atomic E-state index is 11.2. The van der Waals surface area contributed by atoms with Gasteiger partial charge in [0.05, 0.1) is 5.52 Å². The Balaban J connectivity index is 2.27. The van der Waals surface area contributed by atoms with Gasteiger partial charge in [0.1, 0.15) is 11.9 Å². The second kappa shape index (κ2) is 6.34. The van der Waals surface area contributed by atoms with Crippen LogP contribution in [-0.4, -0.2) is 35.8 Å². The molecule has 0 saturated heterocycles. The molecule has 2 rings (SSSR count). The summed E-state index contributed by atoms with van der Waals surface area (Å²) in [5.74, 6) is -0.302. The predicted molar refractivity (Wildman–Crippen MR) is 78.0 cm³/mol. The van der Waals surface area contributed by atoms with Crippen LogP contribution in [0.1, 0.15) is 12.0 Å². The number of carboxylic acid groups (broad SMARTS) is 1. The lowest BCUT2D eigenvalue weighted by Crippen LogP contribution is -2.31. The van der Waals surface area contributed by atoms with Crippen LogP contribution >= 0.6 is 0 Å². The molecule has 0 aliphatic heterocycles. The average Bonchev–Trinajstić information content (AvgIpc) is 2.43. The molecule has 2 aromatic rings. The Bertz CT molecular complexity index is 613. The third-order valence-corrected chi connectivity index (χ3v) is 3.13. The number of rotatable bonds is 6. The topological polar surface area (TPSA) is 71.5 Å². The zero-order chi connectivity index (χ0) is 14.5. The monoisotopic (exact) mass is 274 g/mol. The molecule has 1 unspecified atom stereocenters. The molecule has 2 N–H and O–H groups in total. The van der Waals surface area contributed by atoms with E-state index >= 15 is 0 Å². The number of aromatic nitrogens is 1. The van der Waals surface area contributed by atoms with Crippen LogP contribution in [0.15, 0.2) is 30.3 Å². The van der Waals surface area contributed by atoms with Crippen molar-refractivity contribution in [2.75, 3.05) is 19.0 Å². The number of aryl methyl sites for hydroxylation is 1. The SMILES string of the molecule is COCCC(Nc1nc2ccccc2cc1C)C(=O)O. The van der Waals surface area contributed by atoms with Crippen molar-refractivity contribution in [1.82, 2.24) is 4.98 Å². The zero-order valence-corrected chi connectivity index (χ0v) is 11.6. The van der Waals surface area contributed by atoms with Gasteiger partial charge >= 0.3 is 5.97 Å². The van der Waals surface area contributed by atoms with Crippen molar-refractivity contribution >= 4 is 22.7 Å². The minimum atomic E-state index is -0.906. The Kier molecular flexibility index (Phi) is 4.53. The molecule has 1 aromatic heterocycles. The summed E-state index contributed by atoms with van der Waals surface area (Å²) in [5, 5.41) is 13.2. The van der Waals surface area contributed by atoms with Gasteiger partial charge in [-0.25, -0.2) is 9.78 Å². The van der Waals surface area contributed by atoms with Gasteiger partial charge in [-0.1, -0.05) is 18.2 Å². The third-order valence-electron chi connectivity index (χ3n) is 3.13. The van der Waals surface area contributed by atoms with Gasteiger partial charge in [-0.3, -0.25) is 0 Å². The van der Waals surface area contributed by atoms with Crippen molar-refractivity contribution in [3.05, 3.63) is 35.9 Å². The van der Waals surface area contributed by atoms with E-state index in [4.69, 9.17) is 4.74 Å². The lowest BCUT2D eigenvalue weighted by atomic mass is 10.1. The van der Waals surface area contributed by atoms with E-state index < -0.39 is 12.0 Å². The van der Waals surface area contributed by atoms with E-state index in [1.807, 2.05) is 37.3 Å². The van der Waals surface area contributed by atoms with Crippen LogP contribution in [0.25, 0.3) is 10.9 Å². The van der Waals surface area contributed by atoms with Gasteiger partial charge in [-0.05, 0) is 24.6 Å². The molecule has 1 atom stereocenters. The molecule has 5 heteroatoms. The number of ether oxygens (including phenoxy) is 1. The van der Waals surface area contributed by atoms with Crippen molar-refractivity contribution in [3.8, 4) is 0 Å². The normalized spacial score (nSPS) is 12.3. The summed E-state index contributed by atoms with van der Waals surface area (Å²) in [6.45, 7) is 2.30. The number of carboxylic acids is 1. The first-order chi connectivity index (χ1) is 9.61. The van der Waals surface area contributed by atoms with Crippen LogP contribution in [0.5, 0.6) is 0 Å². The number of hydrogen-bond donors (Lipinski definition) is 2. The summed E-state index contributed by atoms with van der Waals surface area (Å²) in [7, 11) is 1.55. The summed E-state index contributed by atoms with van der Waals surface area (Å²) in [6.07, 6.45) is 0.389. The van der Waals surface area contributed by atoms with Crippen LogP contribution in [0.3, 0.4) is 0 Å². The molecule has 0 aliphatic rings. The Hall–Kier alpha value is -2.14. The highest BCUT2D eigenvalue weighted by atomic mass is 16.5. The molecule has 0 aliphatic carbocycles. The first-order valence-electron chi connectivity index (χ1n) is 6.46. The van der Waals surface area contributed by atoms with Gasteiger partial charge in [0.25, 0.3) is 0 Å². The predicted octanol–water partition coefficient (Wildman–Crippen LogP) is 2.44. The molecule has 0 spiro atoms. The molecule has 20 heavy (non-hydrogen) atoms. The molecular weight excluding hydrogens is 256 g/mol. The van der Waals surface area contributed by atoms with Crippen molar-refractivity contribution < 1.29 is 14.6 Å². The first kappa shape index (κ1) is 14.3. The van der Waals surface area contributed by atoms with E-state index in [9.17, 15) is 9.90 Å². The van der Waals surface area contributed by atoms with E-state index in [-0.39, 0.29) is 0 Å². The number of nitrogens with one attached hydrogen (secondary N) is 1. The van der Waals surface area contributed by atoms with E-state index in [1.165, 1.54) is 0 Å². The highest BCUT2D eigenvalue weighted by Gasteiger charge is 2.18.